The zero-order valence-electron chi connectivity index (χ0n) is 10.1. The summed E-state index contributed by atoms with van der Waals surface area (Å²) in [5.41, 5.74) is 0. The number of carbonyl (C=O) groups is 1. The van der Waals surface area contributed by atoms with Crippen LogP contribution in [0.1, 0.15) is 32.6 Å². The van der Waals surface area contributed by atoms with Gasteiger partial charge in [0.15, 0.2) is 0 Å². The van der Waals surface area contributed by atoms with Crippen LogP contribution >= 0.6 is 0 Å². The van der Waals surface area contributed by atoms with Gasteiger partial charge < -0.3 is 15.0 Å². The Balaban J connectivity index is 1.88. The van der Waals surface area contributed by atoms with Crippen molar-refractivity contribution in [2.75, 3.05) is 26.3 Å². The number of ether oxygens (including phenoxy) is 1. The first-order chi connectivity index (χ1) is 7.83. The maximum atomic E-state index is 12.2. The van der Waals surface area contributed by atoms with Gasteiger partial charge in [-0.2, -0.15) is 0 Å². The van der Waals surface area contributed by atoms with Crippen molar-refractivity contribution in [2.24, 2.45) is 0 Å². The molecule has 2 fully saturated rings. The molecule has 1 amide bonds. The van der Waals surface area contributed by atoms with Crippen LogP contribution in [0.2, 0.25) is 0 Å². The van der Waals surface area contributed by atoms with E-state index in [0.717, 1.165) is 45.4 Å². The highest BCUT2D eigenvalue weighted by Gasteiger charge is 2.33. The van der Waals surface area contributed by atoms with Crippen LogP contribution in [0, 0.1) is 0 Å². The third-order valence-electron chi connectivity index (χ3n) is 3.53. The normalized spacial score (nSPS) is 29.9. The first-order valence-corrected chi connectivity index (χ1v) is 6.44. The first-order valence-electron chi connectivity index (χ1n) is 6.44. The summed E-state index contributed by atoms with van der Waals surface area (Å²) in [5.74, 6) is 0.291. The van der Waals surface area contributed by atoms with Crippen LogP contribution in [-0.2, 0) is 9.53 Å². The Labute approximate surface area is 97.3 Å². The molecule has 0 unspecified atom stereocenters. The predicted octanol–water partition coefficient (Wildman–Crippen LogP) is 0.766. The van der Waals surface area contributed by atoms with Gasteiger partial charge in [0.1, 0.15) is 0 Å². The molecule has 4 heteroatoms. The third-order valence-corrected chi connectivity index (χ3v) is 3.53. The fourth-order valence-electron chi connectivity index (χ4n) is 2.65. The lowest BCUT2D eigenvalue weighted by molar-refractivity contribution is -0.135. The average Bonchev–Trinajstić information content (AvgIpc) is 2.96. The molecule has 16 heavy (non-hydrogen) atoms. The van der Waals surface area contributed by atoms with Crippen LogP contribution in [0.25, 0.3) is 0 Å². The van der Waals surface area contributed by atoms with Crippen molar-refractivity contribution in [1.29, 1.82) is 0 Å². The molecule has 0 spiro atoms. The minimum Gasteiger partial charge on any atom is -0.380 e. The van der Waals surface area contributed by atoms with Gasteiger partial charge in [-0.15, -0.1) is 0 Å². The average molecular weight is 226 g/mol. The molecule has 4 nitrogen and oxygen atoms in total. The van der Waals surface area contributed by atoms with Gasteiger partial charge in [0, 0.05) is 13.2 Å². The van der Waals surface area contributed by atoms with Gasteiger partial charge in [0.2, 0.25) is 5.91 Å². The SMILES string of the molecule is CCOC[C@H]1CCCN1C(=O)[C@H]1CCCN1. The summed E-state index contributed by atoms with van der Waals surface area (Å²) >= 11 is 0. The summed E-state index contributed by atoms with van der Waals surface area (Å²) in [4.78, 5) is 14.3. The number of carbonyl (C=O) groups excluding carboxylic acids is 1. The molecular weight excluding hydrogens is 204 g/mol. The summed E-state index contributed by atoms with van der Waals surface area (Å²) in [7, 11) is 0. The Morgan fingerprint density at radius 1 is 1.44 bits per heavy atom. The van der Waals surface area contributed by atoms with Gasteiger partial charge in [-0.1, -0.05) is 0 Å². The molecule has 92 valence electrons. The van der Waals surface area contributed by atoms with E-state index in [9.17, 15) is 4.79 Å². The molecule has 1 N–H and O–H groups in total. The van der Waals surface area contributed by atoms with Crippen molar-refractivity contribution in [3.05, 3.63) is 0 Å². The van der Waals surface area contributed by atoms with Crippen molar-refractivity contribution in [3.8, 4) is 0 Å². The summed E-state index contributed by atoms with van der Waals surface area (Å²) in [6.45, 7) is 5.34. The van der Waals surface area contributed by atoms with Gasteiger partial charge in [0.05, 0.1) is 18.7 Å². The molecule has 2 saturated heterocycles. The molecule has 2 aliphatic heterocycles. The maximum Gasteiger partial charge on any atom is 0.240 e. The highest BCUT2D eigenvalue weighted by molar-refractivity contribution is 5.82. The highest BCUT2D eigenvalue weighted by Crippen LogP contribution is 2.20. The molecule has 0 aromatic rings. The molecule has 0 aromatic heterocycles. The lowest BCUT2D eigenvalue weighted by atomic mass is 10.2. The molecule has 0 radical (unpaired) electrons. The van der Waals surface area contributed by atoms with Crippen molar-refractivity contribution >= 4 is 5.91 Å². The van der Waals surface area contributed by atoms with Gasteiger partial charge in [-0.05, 0) is 39.2 Å². The van der Waals surface area contributed by atoms with E-state index in [1.54, 1.807) is 0 Å². The van der Waals surface area contributed by atoms with E-state index in [1.165, 1.54) is 0 Å². The Kier molecular flexibility index (Phi) is 4.18. The van der Waals surface area contributed by atoms with E-state index in [-0.39, 0.29) is 6.04 Å². The van der Waals surface area contributed by atoms with Crippen molar-refractivity contribution < 1.29 is 9.53 Å². The molecule has 2 aliphatic rings. The minimum absolute atomic E-state index is 0.0715. The number of likely N-dealkylation sites (tertiary alicyclic amines) is 1. The number of nitrogens with one attached hydrogen (secondary N) is 1. The second kappa shape index (κ2) is 5.64. The summed E-state index contributed by atoms with van der Waals surface area (Å²) in [6.07, 6.45) is 4.34. The monoisotopic (exact) mass is 226 g/mol. The van der Waals surface area contributed by atoms with Crippen molar-refractivity contribution in [3.63, 3.8) is 0 Å². The smallest absolute Gasteiger partial charge is 0.240 e. The van der Waals surface area contributed by atoms with Crippen LogP contribution in [-0.4, -0.2) is 49.2 Å². The van der Waals surface area contributed by atoms with E-state index >= 15 is 0 Å². The second-order valence-electron chi connectivity index (χ2n) is 4.64. The summed E-state index contributed by atoms with van der Waals surface area (Å²) < 4.78 is 5.45. The molecule has 2 rings (SSSR count). The zero-order valence-corrected chi connectivity index (χ0v) is 10.1. The number of rotatable bonds is 4. The van der Waals surface area contributed by atoms with E-state index in [0.29, 0.717) is 18.6 Å². The Hall–Kier alpha value is -0.610. The van der Waals surface area contributed by atoms with Gasteiger partial charge >= 0.3 is 0 Å². The number of nitrogens with zero attached hydrogens (tertiary/aromatic N) is 1. The fraction of sp³-hybridized carbons (Fsp3) is 0.917. The number of hydrogen-bond donors (Lipinski definition) is 1. The van der Waals surface area contributed by atoms with Crippen molar-refractivity contribution in [1.82, 2.24) is 10.2 Å². The quantitative estimate of drug-likeness (QED) is 0.769. The van der Waals surface area contributed by atoms with E-state index < -0.39 is 0 Å². The lowest BCUT2D eigenvalue weighted by Gasteiger charge is -2.27. The standard InChI is InChI=1S/C12H22N2O2/c1-2-16-9-10-5-4-8-14(10)12(15)11-6-3-7-13-11/h10-11,13H,2-9H2,1H3/t10-,11-/m1/s1. The Morgan fingerprint density at radius 2 is 2.31 bits per heavy atom. The zero-order chi connectivity index (χ0) is 11.4. The fourth-order valence-corrected chi connectivity index (χ4v) is 2.65. The van der Waals surface area contributed by atoms with E-state index in [4.69, 9.17) is 4.74 Å². The topological polar surface area (TPSA) is 41.6 Å². The lowest BCUT2D eigenvalue weighted by Crippen LogP contribution is -2.47. The molecule has 0 bridgehead atoms. The minimum atomic E-state index is 0.0715. The van der Waals surface area contributed by atoms with Gasteiger partial charge in [0.25, 0.3) is 0 Å². The van der Waals surface area contributed by atoms with E-state index in [2.05, 4.69) is 5.32 Å². The molecule has 2 heterocycles. The molecule has 0 aromatic carbocycles. The summed E-state index contributed by atoms with van der Waals surface area (Å²) in [6, 6.07) is 0.386. The van der Waals surface area contributed by atoms with Crippen LogP contribution in [0.15, 0.2) is 0 Å². The molecule has 0 aliphatic carbocycles. The molecular formula is C12H22N2O2. The van der Waals surface area contributed by atoms with Crippen LogP contribution in [0.4, 0.5) is 0 Å². The van der Waals surface area contributed by atoms with Gasteiger partial charge in [-0.25, -0.2) is 0 Å². The van der Waals surface area contributed by atoms with Crippen LogP contribution in [0.3, 0.4) is 0 Å². The van der Waals surface area contributed by atoms with E-state index in [1.807, 2.05) is 11.8 Å². The highest BCUT2D eigenvalue weighted by atomic mass is 16.5. The van der Waals surface area contributed by atoms with Crippen molar-refractivity contribution in [2.45, 2.75) is 44.7 Å². The largest absolute Gasteiger partial charge is 0.380 e. The maximum absolute atomic E-state index is 12.2. The number of amides is 1. The van der Waals surface area contributed by atoms with Crippen LogP contribution < -0.4 is 5.32 Å². The Bertz CT molecular complexity index is 239. The third kappa shape index (κ3) is 2.55. The predicted molar refractivity (Wildman–Crippen MR) is 62.3 cm³/mol. The number of hydrogen-bond acceptors (Lipinski definition) is 3. The van der Waals surface area contributed by atoms with Gasteiger partial charge in [-0.3, -0.25) is 4.79 Å². The first kappa shape index (κ1) is 11.9. The van der Waals surface area contributed by atoms with Crippen LogP contribution in [0.5, 0.6) is 0 Å². The second-order valence-corrected chi connectivity index (χ2v) is 4.64. The Morgan fingerprint density at radius 3 is 3.00 bits per heavy atom. The summed E-state index contributed by atoms with van der Waals surface area (Å²) in [5, 5.41) is 3.28. The molecule has 0 saturated carbocycles. The molecule has 2 atom stereocenters.